The van der Waals surface area contributed by atoms with Crippen LogP contribution in [0.1, 0.15) is 18.3 Å². The third-order valence-electron chi connectivity index (χ3n) is 4.12. The van der Waals surface area contributed by atoms with E-state index < -0.39 is 12.3 Å². The molecule has 1 aromatic heterocycles. The van der Waals surface area contributed by atoms with Crippen LogP contribution in [0.15, 0.2) is 53.0 Å². The molecular formula is C22H17BrF3NO4. The molecule has 9 heteroatoms. The molecule has 0 bridgehead atoms. The summed E-state index contributed by atoms with van der Waals surface area (Å²) in [5.41, 5.74) is 2.79. The average Bonchev–Trinajstić information content (AvgIpc) is 2.67. The first-order chi connectivity index (χ1) is 14.5. The molecule has 0 radical (unpaired) electrons. The number of ether oxygens (including phenoxy) is 3. The summed E-state index contributed by atoms with van der Waals surface area (Å²) in [5, 5.41) is 0. The smallest absolute Gasteiger partial charge is 0.457 e. The lowest BCUT2D eigenvalue weighted by molar-refractivity contribution is -0.274. The number of nitrogens with zero attached hydrogens (tertiary/aromatic N) is 1. The zero-order chi connectivity index (χ0) is 22.8. The number of esters is 1. The molecule has 0 spiro atoms. The number of alkyl halides is 3. The molecule has 3 aromatic rings. The van der Waals surface area contributed by atoms with Crippen LogP contribution >= 0.6 is 15.9 Å². The van der Waals surface area contributed by atoms with E-state index in [9.17, 15) is 18.0 Å². The van der Waals surface area contributed by atoms with Crippen molar-refractivity contribution in [2.45, 2.75) is 27.1 Å². The summed E-state index contributed by atoms with van der Waals surface area (Å²) in [6.07, 6.45) is -4.75. The molecule has 0 atom stereocenters. The van der Waals surface area contributed by atoms with Crippen LogP contribution in [0, 0.1) is 13.8 Å². The number of carbonyl (C=O) groups is 1. The Balaban J connectivity index is 1.84. The van der Waals surface area contributed by atoms with Crippen molar-refractivity contribution in [1.29, 1.82) is 0 Å². The Kier molecular flexibility index (Phi) is 6.54. The van der Waals surface area contributed by atoms with E-state index in [4.69, 9.17) is 9.47 Å². The standard InChI is InChI=1S/C22H17BrF3NO4/c1-12-19(21(29-14(3)28)20(23)13(2)27-12)15-4-6-16(7-5-15)30-17-8-10-18(11-9-17)31-22(24,25)26/h4-11H,1-3H3. The molecule has 0 N–H and O–H groups in total. The van der Waals surface area contributed by atoms with Gasteiger partial charge < -0.3 is 14.2 Å². The Morgan fingerprint density at radius 3 is 1.94 bits per heavy atom. The van der Waals surface area contributed by atoms with E-state index in [2.05, 4.69) is 25.7 Å². The second kappa shape index (κ2) is 8.97. The fraction of sp³-hybridized carbons (Fsp3) is 0.182. The molecule has 162 valence electrons. The Morgan fingerprint density at radius 2 is 1.42 bits per heavy atom. The van der Waals surface area contributed by atoms with Gasteiger partial charge in [0, 0.05) is 18.2 Å². The van der Waals surface area contributed by atoms with Gasteiger partial charge in [-0.25, -0.2) is 0 Å². The van der Waals surface area contributed by atoms with E-state index in [1.54, 1.807) is 31.2 Å². The number of benzene rings is 2. The minimum Gasteiger partial charge on any atom is -0.457 e. The lowest BCUT2D eigenvalue weighted by atomic mass is 10.0. The van der Waals surface area contributed by atoms with Gasteiger partial charge in [-0.05, 0) is 71.7 Å². The van der Waals surface area contributed by atoms with Crippen LogP contribution < -0.4 is 14.2 Å². The van der Waals surface area contributed by atoms with E-state index in [0.717, 1.165) is 5.56 Å². The van der Waals surface area contributed by atoms with Crippen LogP contribution in [-0.2, 0) is 4.79 Å². The predicted octanol–water partition coefficient (Wildman–Crippen LogP) is 6.74. The summed E-state index contributed by atoms with van der Waals surface area (Å²) in [7, 11) is 0. The normalized spacial score (nSPS) is 11.2. The van der Waals surface area contributed by atoms with E-state index in [-0.39, 0.29) is 5.75 Å². The lowest BCUT2D eigenvalue weighted by Crippen LogP contribution is -2.16. The summed E-state index contributed by atoms with van der Waals surface area (Å²) in [6.45, 7) is 4.94. The molecule has 0 aliphatic rings. The van der Waals surface area contributed by atoms with E-state index >= 15 is 0 Å². The molecule has 0 saturated carbocycles. The summed E-state index contributed by atoms with van der Waals surface area (Å²) < 4.78 is 52.3. The zero-order valence-electron chi connectivity index (χ0n) is 16.7. The van der Waals surface area contributed by atoms with Crippen LogP contribution in [0.3, 0.4) is 0 Å². The van der Waals surface area contributed by atoms with E-state index in [0.29, 0.717) is 38.7 Å². The molecule has 3 rings (SSSR count). The third-order valence-corrected chi connectivity index (χ3v) is 5.06. The number of pyridine rings is 1. The van der Waals surface area contributed by atoms with E-state index in [1.165, 1.54) is 31.2 Å². The monoisotopic (exact) mass is 495 g/mol. The van der Waals surface area contributed by atoms with Gasteiger partial charge >= 0.3 is 12.3 Å². The fourth-order valence-electron chi connectivity index (χ4n) is 2.91. The number of aryl methyl sites for hydroxylation is 2. The highest BCUT2D eigenvalue weighted by molar-refractivity contribution is 9.10. The number of carbonyl (C=O) groups excluding carboxylic acids is 1. The summed E-state index contributed by atoms with van der Waals surface area (Å²) >= 11 is 3.43. The predicted molar refractivity (Wildman–Crippen MR) is 111 cm³/mol. The molecule has 0 unspecified atom stereocenters. The van der Waals surface area contributed by atoms with Crippen molar-refractivity contribution in [1.82, 2.24) is 4.98 Å². The highest BCUT2D eigenvalue weighted by Gasteiger charge is 2.31. The largest absolute Gasteiger partial charge is 0.573 e. The average molecular weight is 496 g/mol. The van der Waals surface area contributed by atoms with Crippen molar-refractivity contribution in [2.75, 3.05) is 0 Å². The van der Waals surface area contributed by atoms with Crippen molar-refractivity contribution in [3.05, 3.63) is 64.4 Å². The Bertz CT molecular complexity index is 1100. The Labute approximate surface area is 184 Å². The second-order valence-corrected chi connectivity index (χ2v) is 7.33. The maximum absolute atomic E-state index is 12.3. The second-order valence-electron chi connectivity index (χ2n) is 6.54. The minimum absolute atomic E-state index is 0.332. The Hall–Kier alpha value is -3.07. The zero-order valence-corrected chi connectivity index (χ0v) is 18.3. The van der Waals surface area contributed by atoms with Crippen molar-refractivity contribution in [3.8, 4) is 34.1 Å². The first kappa shape index (κ1) is 22.6. The van der Waals surface area contributed by atoms with Crippen molar-refractivity contribution in [3.63, 3.8) is 0 Å². The molecular weight excluding hydrogens is 479 g/mol. The van der Waals surface area contributed by atoms with Gasteiger partial charge in [0.05, 0.1) is 10.2 Å². The van der Waals surface area contributed by atoms with Gasteiger partial charge in [-0.3, -0.25) is 9.78 Å². The maximum atomic E-state index is 12.3. The van der Waals surface area contributed by atoms with Crippen LogP contribution in [0.25, 0.3) is 11.1 Å². The van der Waals surface area contributed by atoms with Crippen molar-refractivity contribution in [2.24, 2.45) is 0 Å². The number of aromatic nitrogens is 1. The highest BCUT2D eigenvalue weighted by atomic mass is 79.9. The molecule has 0 aliphatic heterocycles. The molecule has 0 fully saturated rings. The van der Waals surface area contributed by atoms with Gasteiger partial charge in [-0.15, -0.1) is 13.2 Å². The third kappa shape index (κ3) is 5.75. The first-order valence-corrected chi connectivity index (χ1v) is 9.82. The fourth-order valence-corrected chi connectivity index (χ4v) is 3.28. The van der Waals surface area contributed by atoms with Crippen LogP contribution in [0.2, 0.25) is 0 Å². The SMILES string of the molecule is CC(=O)Oc1c(Br)c(C)nc(C)c1-c1ccc(Oc2ccc(OC(F)(F)F)cc2)cc1. The summed E-state index contributed by atoms with van der Waals surface area (Å²) in [6, 6.07) is 12.0. The summed E-state index contributed by atoms with van der Waals surface area (Å²) in [5.74, 6) is 0.412. The number of hydrogen-bond donors (Lipinski definition) is 0. The molecule has 5 nitrogen and oxygen atoms in total. The highest BCUT2D eigenvalue weighted by Crippen LogP contribution is 2.40. The topological polar surface area (TPSA) is 57.7 Å². The van der Waals surface area contributed by atoms with Gasteiger partial charge in [0.2, 0.25) is 0 Å². The van der Waals surface area contributed by atoms with Crippen molar-refractivity contribution < 1.29 is 32.2 Å². The molecule has 0 saturated heterocycles. The van der Waals surface area contributed by atoms with Gasteiger partial charge in [0.25, 0.3) is 0 Å². The Morgan fingerprint density at radius 1 is 0.903 bits per heavy atom. The number of hydrogen-bond acceptors (Lipinski definition) is 5. The molecule has 0 amide bonds. The number of halogens is 4. The molecule has 2 aromatic carbocycles. The summed E-state index contributed by atoms with van der Waals surface area (Å²) in [4.78, 5) is 16.1. The first-order valence-electron chi connectivity index (χ1n) is 9.02. The molecule has 1 heterocycles. The van der Waals surface area contributed by atoms with Gasteiger partial charge in [0.1, 0.15) is 17.2 Å². The minimum atomic E-state index is -4.75. The number of rotatable bonds is 5. The van der Waals surface area contributed by atoms with Gasteiger partial charge in [-0.1, -0.05) is 12.1 Å². The van der Waals surface area contributed by atoms with Gasteiger partial charge in [0.15, 0.2) is 5.75 Å². The van der Waals surface area contributed by atoms with Crippen LogP contribution in [0.5, 0.6) is 23.0 Å². The van der Waals surface area contributed by atoms with Crippen LogP contribution in [0.4, 0.5) is 13.2 Å². The quantitative estimate of drug-likeness (QED) is 0.366. The lowest BCUT2D eigenvalue weighted by Gasteiger charge is -2.16. The molecule has 31 heavy (non-hydrogen) atoms. The maximum Gasteiger partial charge on any atom is 0.573 e. The van der Waals surface area contributed by atoms with Crippen LogP contribution in [-0.4, -0.2) is 17.3 Å². The van der Waals surface area contributed by atoms with Crippen molar-refractivity contribution >= 4 is 21.9 Å². The van der Waals surface area contributed by atoms with Gasteiger partial charge in [-0.2, -0.15) is 0 Å². The van der Waals surface area contributed by atoms with E-state index in [1.807, 2.05) is 6.92 Å². The molecule has 0 aliphatic carbocycles.